The minimum absolute atomic E-state index is 0.221. The number of aromatic nitrogens is 2. The molecular formula is C17H14ClN3O. The number of nitrogens with zero attached hydrogens (tertiary/aromatic N) is 2. The number of hydrogen-bond acceptors (Lipinski definition) is 2. The van der Waals surface area contributed by atoms with E-state index in [1.807, 2.05) is 41.2 Å². The van der Waals surface area contributed by atoms with Crippen LogP contribution in [0.4, 0.5) is 5.69 Å². The van der Waals surface area contributed by atoms with Gasteiger partial charge in [-0.3, -0.25) is 9.48 Å². The van der Waals surface area contributed by atoms with Crippen LogP contribution in [0.1, 0.15) is 15.9 Å². The molecule has 1 amide bonds. The number of amides is 1. The van der Waals surface area contributed by atoms with Crippen molar-refractivity contribution in [1.29, 1.82) is 0 Å². The van der Waals surface area contributed by atoms with Gasteiger partial charge in [-0.2, -0.15) is 5.10 Å². The second kappa shape index (κ2) is 6.45. The van der Waals surface area contributed by atoms with Gasteiger partial charge in [-0.15, -0.1) is 0 Å². The van der Waals surface area contributed by atoms with E-state index in [1.54, 1.807) is 30.5 Å². The van der Waals surface area contributed by atoms with E-state index in [4.69, 9.17) is 11.6 Å². The van der Waals surface area contributed by atoms with Crippen molar-refractivity contribution in [1.82, 2.24) is 9.78 Å². The molecule has 110 valence electrons. The third-order valence-corrected chi connectivity index (χ3v) is 3.54. The quantitative estimate of drug-likeness (QED) is 0.796. The number of hydrogen-bond donors (Lipinski definition) is 1. The highest BCUT2D eigenvalue weighted by Crippen LogP contribution is 2.18. The average Bonchev–Trinajstić information content (AvgIpc) is 3.01. The first-order valence-corrected chi connectivity index (χ1v) is 7.22. The molecular weight excluding hydrogens is 298 g/mol. The molecule has 4 nitrogen and oxygen atoms in total. The van der Waals surface area contributed by atoms with Crippen LogP contribution in [-0.4, -0.2) is 15.7 Å². The van der Waals surface area contributed by atoms with Crippen LogP contribution < -0.4 is 5.32 Å². The number of nitrogens with one attached hydrogen (secondary N) is 1. The zero-order valence-corrected chi connectivity index (χ0v) is 12.5. The van der Waals surface area contributed by atoms with Crippen molar-refractivity contribution in [3.63, 3.8) is 0 Å². The number of rotatable bonds is 4. The van der Waals surface area contributed by atoms with Gasteiger partial charge in [-0.1, -0.05) is 35.9 Å². The molecule has 5 heteroatoms. The lowest BCUT2D eigenvalue weighted by Crippen LogP contribution is -2.12. The van der Waals surface area contributed by atoms with E-state index in [1.165, 1.54) is 0 Å². The van der Waals surface area contributed by atoms with Crippen LogP contribution in [0, 0.1) is 0 Å². The summed E-state index contributed by atoms with van der Waals surface area (Å²) in [4.78, 5) is 12.3. The normalized spacial score (nSPS) is 10.4. The maximum Gasteiger partial charge on any atom is 0.257 e. The smallest absolute Gasteiger partial charge is 0.257 e. The summed E-state index contributed by atoms with van der Waals surface area (Å²) >= 11 is 6.04. The zero-order valence-electron chi connectivity index (χ0n) is 11.7. The monoisotopic (exact) mass is 311 g/mol. The molecule has 2 aromatic carbocycles. The Bertz CT molecular complexity index is 784. The molecule has 0 unspecified atom stereocenters. The van der Waals surface area contributed by atoms with Crippen molar-refractivity contribution < 1.29 is 4.79 Å². The highest BCUT2D eigenvalue weighted by Gasteiger charge is 2.09. The predicted molar refractivity (Wildman–Crippen MR) is 87.2 cm³/mol. The number of benzene rings is 2. The fourth-order valence-electron chi connectivity index (χ4n) is 2.17. The lowest BCUT2D eigenvalue weighted by atomic mass is 10.1. The molecule has 0 saturated heterocycles. The van der Waals surface area contributed by atoms with E-state index in [2.05, 4.69) is 10.4 Å². The lowest BCUT2D eigenvalue weighted by Gasteiger charge is -2.09. The molecule has 0 bridgehead atoms. The Morgan fingerprint density at radius 3 is 2.77 bits per heavy atom. The summed E-state index contributed by atoms with van der Waals surface area (Å²) in [5.74, 6) is -0.221. The maximum absolute atomic E-state index is 12.3. The molecule has 1 aromatic heterocycles. The van der Waals surface area contributed by atoms with Crippen LogP contribution in [0.2, 0.25) is 5.02 Å². The van der Waals surface area contributed by atoms with Crippen LogP contribution in [0.15, 0.2) is 67.0 Å². The minimum atomic E-state index is -0.221. The predicted octanol–water partition coefficient (Wildman–Crippen LogP) is 3.84. The summed E-state index contributed by atoms with van der Waals surface area (Å²) in [6.07, 6.45) is 3.64. The van der Waals surface area contributed by atoms with Crippen molar-refractivity contribution >= 4 is 23.2 Å². The van der Waals surface area contributed by atoms with E-state index in [-0.39, 0.29) is 5.91 Å². The molecule has 0 saturated carbocycles. The molecule has 0 fully saturated rings. The van der Waals surface area contributed by atoms with Crippen LogP contribution in [0.5, 0.6) is 0 Å². The summed E-state index contributed by atoms with van der Waals surface area (Å²) in [5, 5.41) is 7.48. The van der Waals surface area contributed by atoms with E-state index in [0.717, 1.165) is 11.3 Å². The summed E-state index contributed by atoms with van der Waals surface area (Å²) in [5.41, 5.74) is 2.25. The van der Waals surface area contributed by atoms with Crippen molar-refractivity contribution in [2.24, 2.45) is 0 Å². The molecule has 0 aliphatic rings. The Morgan fingerprint density at radius 1 is 1.14 bits per heavy atom. The van der Waals surface area contributed by atoms with Gasteiger partial charge in [-0.05, 0) is 35.9 Å². The van der Waals surface area contributed by atoms with E-state index in [0.29, 0.717) is 17.1 Å². The van der Waals surface area contributed by atoms with Crippen molar-refractivity contribution in [2.45, 2.75) is 6.54 Å². The molecule has 0 atom stereocenters. The summed E-state index contributed by atoms with van der Waals surface area (Å²) in [6.45, 7) is 0.656. The van der Waals surface area contributed by atoms with Crippen LogP contribution in [-0.2, 0) is 6.54 Å². The van der Waals surface area contributed by atoms with E-state index < -0.39 is 0 Å². The second-order valence-electron chi connectivity index (χ2n) is 4.84. The van der Waals surface area contributed by atoms with Crippen LogP contribution >= 0.6 is 11.6 Å². The van der Waals surface area contributed by atoms with Gasteiger partial charge in [0, 0.05) is 18.1 Å². The van der Waals surface area contributed by atoms with Gasteiger partial charge in [0.25, 0.3) is 5.91 Å². The number of carbonyl (C=O) groups excluding carboxylic acids is 1. The van der Waals surface area contributed by atoms with Crippen molar-refractivity contribution in [3.8, 4) is 0 Å². The van der Waals surface area contributed by atoms with Gasteiger partial charge < -0.3 is 5.32 Å². The first-order chi connectivity index (χ1) is 10.7. The topological polar surface area (TPSA) is 46.9 Å². The Kier molecular flexibility index (Phi) is 4.21. The van der Waals surface area contributed by atoms with Crippen LogP contribution in [0.25, 0.3) is 0 Å². The Hall–Kier alpha value is -2.59. The van der Waals surface area contributed by atoms with Gasteiger partial charge >= 0.3 is 0 Å². The highest BCUT2D eigenvalue weighted by atomic mass is 35.5. The standard InChI is InChI=1S/C17H14ClN3O/c18-16-8-2-1-7-15(16)17(22)20-14-6-3-5-13(11-14)12-21-10-4-9-19-21/h1-11H,12H2,(H,20,22). The fraction of sp³-hybridized carbons (Fsp3) is 0.0588. The molecule has 1 N–H and O–H groups in total. The molecule has 0 aliphatic carbocycles. The molecule has 3 aromatic rings. The molecule has 0 spiro atoms. The molecule has 3 rings (SSSR count). The minimum Gasteiger partial charge on any atom is -0.322 e. The Labute approximate surface area is 133 Å². The van der Waals surface area contributed by atoms with Crippen LogP contribution in [0.3, 0.4) is 0 Å². The summed E-state index contributed by atoms with van der Waals surface area (Å²) < 4.78 is 1.83. The summed E-state index contributed by atoms with van der Waals surface area (Å²) in [6, 6.07) is 16.5. The molecule has 0 radical (unpaired) electrons. The number of anilines is 1. The van der Waals surface area contributed by atoms with Gasteiger partial charge in [0.05, 0.1) is 17.1 Å². The highest BCUT2D eigenvalue weighted by molar-refractivity contribution is 6.34. The maximum atomic E-state index is 12.3. The summed E-state index contributed by atoms with van der Waals surface area (Å²) in [7, 11) is 0. The van der Waals surface area contributed by atoms with Gasteiger partial charge in [0.1, 0.15) is 0 Å². The van der Waals surface area contributed by atoms with Gasteiger partial charge in [0.15, 0.2) is 0 Å². The molecule has 1 heterocycles. The fourth-order valence-corrected chi connectivity index (χ4v) is 2.39. The van der Waals surface area contributed by atoms with Gasteiger partial charge in [-0.25, -0.2) is 0 Å². The average molecular weight is 312 g/mol. The largest absolute Gasteiger partial charge is 0.322 e. The third-order valence-electron chi connectivity index (χ3n) is 3.21. The number of carbonyl (C=O) groups is 1. The van der Waals surface area contributed by atoms with Crippen molar-refractivity contribution in [2.75, 3.05) is 5.32 Å². The molecule has 0 aliphatic heterocycles. The zero-order chi connectivity index (χ0) is 15.4. The Balaban J connectivity index is 1.75. The van der Waals surface area contributed by atoms with E-state index in [9.17, 15) is 4.79 Å². The lowest BCUT2D eigenvalue weighted by molar-refractivity contribution is 0.102. The Morgan fingerprint density at radius 2 is 2.00 bits per heavy atom. The van der Waals surface area contributed by atoms with E-state index >= 15 is 0 Å². The second-order valence-corrected chi connectivity index (χ2v) is 5.25. The van der Waals surface area contributed by atoms with Gasteiger partial charge in [0.2, 0.25) is 0 Å². The first kappa shape index (κ1) is 14.4. The number of halogens is 1. The van der Waals surface area contributed by atoms with Crippen molar-refractivity contribution in [3.05, 3.63) is 83.1 Å². The SMILES string of the molecule is O=C(Nc1cccc(Cn2cccn2)c1)c1ccccc1Cl. The molecule has 22 heavy (non-hydrogen) atoms. The third kappa shape index (κ3) is 3.35. The first-order valence-electron chi connectivity index (χ1n) is 6.84.